The van der Waals surface area contributed by atoms with Gasteiger partial charge in [0, 0.05) is 5.56 Å². The Balaban J connectivity index is 2.39. The predicted octanol–water partition coefficient (Wildman–Crippen LogP) is 4.35. The fourth-order valence-electron chi connectivity index (χ4n) is 2.40. The highest BCUT2D eigenvalue weighted by atomic mass is 17.2. The van der Waals surface area contributed by atoms with E-state index < -0.39 is 23.1 Å². The molecule has 27 heavy (non-hydrogen) atoms. The second-order valence-electron chi connectivity index (χ2n) is 7.58. The van der Waals surface area contributed by atoms with E-state index in [9.17, 15) is 9.59 Å². The van der Waals surface area contributed by atoms with Crippen LogP contribution >= 0.6 is 0 Å². The zero-order chi connectivity index (χ0) is 20.4. The molecule has 2 rings (SSSR count). The molecule has 0 aliphatic heterocycles. The van der Waals surface area contributed by atoms with Gasteiger partial charge in [-0.2, -0.15) is 4.89 Å². The van der Waals surface area contributed by atoms with Crippen LogP contribution in [-0.2, 0) is 19.3 Å². The van der Waals surface area contributed by atoms with Crippen molar-refractivity contribution in [2.75, 3.05) is 6.61 Å². The second-order valence-corrected chi connectivity index (χ2v) is 7.58. The van der Waals surface area contributed by atoms with E-state index in [1.54, 1.807) is 66.7 Å². The number of ether oxygens (including phenoxy) is 2. The molecule has 0 N–H and O–H groups in total. The first-order valence-electron chi connectivity index (χ1n) is 8.74. The number of esters is 1. The van der Waals surface area contributed by atoms with Gasteiger partial charge in [0.05, 0.1) is 12.0 Å². The maximum absolute atomic E-state index is 12.4. The molecule has 0 aliphatic carbocycles. The van der Waals surface area contributed by atoms with Crippen LogP contribution in [0.25, 0.3) is 11.0 Å². The SMILES string of the molecule is CCOOC(=O)C(C)(C)Oc1cccc2oc(C(=O)OC(C)(C)C)c(C)c12. The summed E-state index contributed by atoms with van der Waals surface area (Å²) < 4.78 is 17.0. The minimum atomic E-state index is -1.31. The van der Waals surface area contributed by atoms with Crippen molar-refractivity contribution in [3.8, 4) is 5.75 Å². The Labute approximate surface area is 158 Å². The number of carbonyl (C=O) groups is 2. The average Bonchev–Trinajstić information content (AvgIpc) is 2.89. The summed E-state index contributed by atoms with van der Waals surface area (Å²) in [6.07, 6.45) is 0. The van der Waals surface area contributed by atoms with Gasteiger partial charge in [0.15, 0.2) is 0 Å². The molecule has 148 valence electrons. The van der Waals surface area contributed by atoms with Crippen LogP contribution in [-0.4, -0.2) is 29.7 Å². The Morgan fingerprint density at radius 1 is 1.11 bits per heavy atom. The molecule has 0 unspecified atom stereocenters. The minimum Gasteiger partial charge on any atom is -0.475 e. The molecule has 0 saturated carbocycles. The first kappa shape index (κ1) is 20.8. The first-order valence-corrected chi connectivity index (χ1v) is 8.74. The third-order valence-electron chi connectivity index (χ3n) is 3.61. The molecular weight excluding hydrogens is 352 g/mol. The number of hydrogen-bond donors (Lipinski definition) is 0. The number of furan rings is 1. The number of hydrogen-bond acceptors (Lipinski definition) is 7. The summed E-state index contributed by atoms with van der Waals surface area (Å²) in [7, 11) is 0. The van der Waals surface area contributed by atoms with Crippen molar-refractivity contribution in [1.82, 2.24) is 0 Å². The highest BCUT2D eigenvalue weighted by molar-refractivity contribution is 5.98. The fourth-order valence-corrected chi connectivity index (χ4v) is 2.40. The summed E-state index contributed by atoms with van der Waals surface area (Å²) in [5, 5.41) is 0.593. The molecule has 0 radical (unpaired) electrons. The Bertz CT molecular complexity index is 840. The van der Waals surface area contributed by atoms with Crippen molar-refractivity contribution in [2.24, 2.45) is 0 Å². The number of benzene rings is 1. The summed E-state index contributed by atoms with van der Waals surface area (Å²) in [5.74, 6) is -0.736. The van der Waals surface area contributed by atoms with E-state index in [0.29, 0.717) is 22.3 Å². The Morgan fingerprint density at radius 3 is 2.37 bits per heavy atom. The number of rotatable bonds is 6. The molecule has 7 nitrogen and oxygen atoms in total. The van der Waals surface area contributed by atoms with Crippen LogP contribution in [0.4, 0.5) is 0 Å². The highest BCUT2D eigenvalue weighted by Gasteiger charge is 2.34. The Morgan fingerprint density at radius 2 is 1.78 bits per heavy atom. The molecule has 1 aromatic heterocycles. The maximum atomic E-state index is 12.4. The lowest BCUT2D eigenvalue weighted by Crippen LogP contribution is -2.39. The normalized spacial score (nSPS) is 12.1. The van der Waals surface area contributed by atoms with E-state index >= 15 is 0 Å². The molecule has 0 amide bonds. The number of aryl methyl sites for hydroxylation is 1. The van der Waals surface area contributed by atoms with Gasteiger partial charge < -0.3 is 13.9 Å². The first-order chi connectivity index (χ1) is 12.5. The quantitative estimate of drug-likeness (QED) is 0.420. The van der Waals surface area contributed by atoms with Crippen LogP contribution in [0.1, 0.15) is 57.7 Å². The lowest BCUT2D eigenvalue weighted by molar-refractivity contribution is -0.279. The van der Waals surface area contributed by atoms with Gasteiger partial charge in [-0.3, -0.25) is 4.89 Å². The van der Waals surface area contributed by atoms with Crippen molar-refractivity contribution in [1.29, 1.82) is 0 Å². The van der Waals surface area contributed by atoms with Gasteiger partial charge in [-0.15, -0.1) is 0 Å². The van der Waals surface area contributed by atoms with Crippen LogP contribution in [0, 0.1) is 6.92 Å². The van der Waals surface area contributed by atoms with Gasteiger partial charge >= 0.3 is 11.9 Å². The molecule has 1 heterocycles. The van der Waals surface area contributed by atoms with Gasteiger partial charge in [-0.25, -0.2) is 9.59 Å². The lowest BCUT2D eigenvalue weighted by atomic mass is 10.1. The standard InChI is InChI=1S/C20H26O7/c1-8-23-27-18(22)20(6,7)25-14-11-9-10-13-15(14)12(2)16(24-13)17(21)26-19(3,4)5/h9-11H,8H2,1-7H3. The molecule has 0 spiro atoms. The molecular formula is C20H26O7. The van der Waals surface area contributed by atoms with Crippen molar-refractivity contribution >= 4 is 22.9 Å². The van der Waals surface area contributed by atoms with Crippen LogP contribution in [0.5, 0.6) is 5.75 Å². The van der Waals surface area contributed by atoms with E-state index in [1.807, 2.05) is 0 Å². The van der Waals surface area contributed by atoms with Gasteiger partial charge in [0.1, 0.15) is 16.9 Å². The number of fused-ring (bicyclic) bond motifs is 1. The fraction of sp³-hybridized carbons (Fsp3) is 0.500. The van der Waals surface area contributed by atoms with Gasteiger partial charge in [0.25, 0.3) is 0 Å². The van der Waals surface area contributed by atoms with E-state index in [2.05, 4.69) is 0 Å². The number of carbonyl (C=O) groups excluding carboxylic acids is 2. The van der Waals surface area contributed by atoms with Crippen LogP contribution < -0.4 is 4.74 Å². The maximum Gasteiger partial charge on any atom is 0.384 e. The zero-order valence-corrected chi connectivity index (χ0v) is 16.8. The summed E-state index contributed by atoms with van der Waals surface area (Å²) in [6, 6.07) is 5.12. The summed E-state index contributed by atoms with van der Waals surface area (Å²) in [5.41, 5.74) is -0.921. The van der Waals surface area contributed by atoms with Crippen molar-refractivity contribution in [3.05, 3.63) is 29.5 Å². The topological polar surface area (TPSA) is 84.2 Å². The average molecular weight is 378 g/mol. The minimum absolute atomic E-state index is 0.102. The van der Waals surface area contributed by atoms with Crippen LogP contribution in [0.2, 0.25) is 0 Å². The zero-order valence-electron chi connectivity index (χ0n) is 16.8. The molecule has 0 saturated heterocycles. The van der Waals surface area contributed by atoms with Gasteiger partial charge in [0.2, 0.25) is 11.4 Å². The molecule has 0 bridgehead atoms. The molecule has 0 aliphatic rings. The third kappa shape index (κ3) is 4.80. The molecule has 0 atom stereocenters. The lowest BCUT2D eigenvalue weighted by Gasteiger charge is -2.23. The van der Waals surface area contributed by atoms with E-state index in [-0.39, 0.29) is 12.4 Å². The van der Waals surface area contributed by atoms with E-state index in [4.69, 9.17) is 23.7 Å². The smallest absolute Gasteiger partial charge is 0.384 e. The molecule has 0 fully saturated rings. The molecule has 1 aromatic carbocycles. The van der Waals surface area contributed by atoms with Crippen molar-refractivity contribution < 1.29 is 33.3 Å². The summed E-state index contributed by atoms with van der Waals surface area (Å²) in [4.78, 5) is 34.0. The van der Waals surface area contributed by atoms with Crippen molar-refractivity contribution in [3.63, 3.8) is 0 Å². The highest BCUT2D eigenvalue weighted by Crippen LogP contribution is 2.35. The Kier molecular flexibility index (Phi) is 5.85. The van der Waals surface area contributed by atoms with Crippen molar-refractivity contribution in [2.45, 2.75) is 59.7 Å². The third-order valence-corrected chi connectivity index (χ3v) is 3.61. The van der Waals surface area contributed by atoms with Gasteiger partial charge in [-0.05, 0) is 60.6 Å². The second kappa shape index (κ2) is 7.60. The van der Waals surface area contributed by atoms with Gasteiger partial charge in [-0.1, -0.05) is 6.07 Å². The monoisotopic (exact) mass is 378 g/mol. The Hall–Kier alpha value is -2.54. The van der Waals surface area contributed by atoms with Crippen LogP contribution in [0.15, 0.2) is 22.6 Å². The molecule has 2 aromatic rings. The summed E-state index contributed by atoms with van der Waals surface area (Å²) >= 11 is 0. The predicted molar refractivity (Wildman–Crippen MR) is 98.5 cm³/mol. The van der Waals surface area contributed by atoms with E-state index in [0.717, 1.165) is 0 Å². The van der Waals surface area contributed by atoms with E-state index in [1.165, 1.54) is 0 Å². The molecule has 7 heteroatoms. The summed E-state index contributed by atoms with van der Waals surface area (Å²) in [6.45, 7) is 12.2. The largest absolute Gasteiger partial charge is 0.475 e. The van der Waals surface area contributed by atoms with Crippen LogP contribution in [0.3, 0.4) is 0 Å².